The third-order valence-electron chi connectivity index (χ3n) is 3.05. The largest absolute Gasteiger partial charge is 0.304 e. The Morgan fingerprint density at radius 1 is 1.21 bits per heavy atom. The van der Waals surface area contributed by atoms with Crippen molar-refractivity contribution in [1.29, 1.82) is 0 Å². The quantitative estimate of drug-likeness (QED) is 0.743. The average Bonchev–Trinajstić information content (AvgIpc) is 2.84. The van der Waals surface area contributed by atoms with Gasteiger partial charge in [-0.05, 0) is 32.3 Å². The maximum atomic E-state index is 5.17. The van der Waals surface area contributed by atoms with E-state index in [-0.39, 0.29) is 5.41 Å². The van der Waals surface area contributed by atoms with Gasteiger partial charge in [-0.15, -0.1) is 0 Å². The molecule has 0 aliphatic heterocycles. The van der Waals surface area contributed by atoms with Crippen LogP contribution in [0.1, 0.15) is 29.5 Å². The minimum atomic E-state index is 0.228. The molecule has 1 aliphatic carbocycles. The molecule has 0 aromatic heterocycles. The maximum absolute atomic E-state index is 5.17. The second-order valence-electron chi connectivity index (χ2n) is 4.47. The van der Waals surface area contributed by atoms with Crippen molar-refractivity contribution < 1.29 is 4.84 Å². The SMILES string of the molecule is Cc1cc(C)cc(C2(CON)CC2)c1. The molecule has 2 heteroatoms. The van der Waals surface area contributed by atoms with Gasteiger partial charge in [-0.25, -0.2) is 5.90 Å². The summed E-state index contributed by atoms with van der Waals surface area (Å²) in [5.41, 5.74) is 4.26. The lowest BCUT2D eigenvalue weighted by molar-refractivity contribution is 0.116. The Morgan fingerprint density at radius 3 is 2.21 bits per heavy atom. The highest BCUT2D eigenvalue weighted by Crippen LogP contribution is 2.48. The molecule has 0 bridgehead atoms. The average molecular weight is 191 g/mol. The summed E-state index contributed by atoms with van der Waals surface area (Å²) in [6.07, 6.45) is 2.40. The van der Waals surface area contributed by atoms with Crippen molar-refractivity contribution in [3.63, 3.8) is 0 Å². The van der Waals surface area contributed by atoms with Crippen molar-refractivity contribution in [3.8, 4) is 0 Å². The zero-order valence-corrected chi connectivity index (χ0v) is 8.84. The van der Waals surface area contributed by atoms with Gasteiger partial charge in [-0.1, -0.05) is 29.3 Å². The summed E-state index contributed by atoms with van der Waals surface area (Å²) in [5.74, 6) is 5.17. The number of nitrogens with two attached hydrogens (primary N) is 1. The highest BCUT2D eigenvalue weighted by atomic mass is 16.6. The van der Waals surface area contributed by atoms with Gasteiger partial charge in [0.2, 0.25) is 0 Å². The van der Waals surface area contributed by atoms with Gasteiger partial charge in [0, 0.05) is 5.41 Å². The van der Waals surface area contributed by atoms with E-state index < -0.39 is 0 Å². The zero-order valence-electron chi connectivity index (χ0n) is 8.84. The summed E-state index contributed by atoms with van der Waals surface area (Å²) in [5, 5.41) is 0. The normalized spacial score (nSPS) is 18.2. The minimum absolute atomic E-state index is 0.228. The van der Waals surface area contributed by atoms with Crippen molar-refractivity contribution in [2.45, 2.75) is 32.1 Å². The van der Waals surface area contributed by atoms with Crippen molar-refractivity contribution in [2.75, 3.05) is 6.61 Å². The lowest BCUT2D eigenvalue weighted by atomic mass is 9.94. The zero-order chi connectivity index (χ0) is 10.2. The van der Waals surface area contributed by atoms with E-state index in [1.165, 1.54) is 29.5 Å². The molecule has 0 saturated heterocycles. The topological polar surface area (TPSA) is 35.2 Å². The Bertz CT molecular complexity index is 322. The summed E-state index contributed by atoms with van der Waals surface area (Å²) in [4.78, 5) is 4.80. The Kier molecular flexibility index (Phi) is 2.33. The lowest BCUT2D eigenvalue weighted by Gasteiger charge is -2.15. The third kappa shape index (κ3) is 1.68. The summed E-state index contributed by atoms with van der Waals surface area (Å²) >= 11 is 0. The van der Waals surface area contributed by atoms with E-state index in [1.54, 1.807) is 0 Å². The van der Waals surface area contributed by atoms with Gasteiger partial charge in [-0.3, -0.25) is 0 Å². The van der Waals surface area contributed by atoms with E-state index in [1.807, 2.05) is 0 Å². The molecule has 1 aliphatic rings. The molecule has 76 valence electrons. The molecule has 2 nitrogen and oxygen atoms in total. The van der Waals surface area contributed by atoms with Gasteiger partial charge in [0.05, 0.1) is 6.61 Å². The van der Waals surface area contributed by atoms with Crippen molar-refractivity contribution in [3.05, 3.63) is 34.9 Å². The van der Waals surface area contributed by atoms with Crippen molar-refractivity contribution in [2.24, 2.45) is 5.90 Å². The highest BCUT2D eigenvalue weighted by molar-refractivity contribution is 5.37. The van der Waals surface area contributed by atoms with E-state index in [4.69, 9.17) is 10.7 Å². The first kappa shape index (κ1) is 9.69. The molecule has 0 amide bonds. The fourth-order valence-corrected chi connectivity index (χ4v) is 2.11. The molecule has 1 fully saturated rings. The van der Waals surface area contributed by atoms with Crippen LogP contribution in [-0.2, 0) is 10.3 Å². The van der Waals surface area contributed by atoms with Gasteiger partial charge in [-0.2, -0.15) is 0 Å². The maximum Gasteiger partial charge on any atom is 0.0775 e. The third-order valence-corrected chi connectivity index (χ3v) is 3.05. The summed E-state index contributed by atoms with van der Waals surface area (Å²) in [6.45, 7) is 4.92. The molecule has 1 saturated carbocycles. The van der Waals surface area contributed by atoms with E-state index in [2.05, 4.69) is 32.0 Å². The first-order valence-electron chi connectivity index (χ1n) is 5.07. The number of aryl methyl sites for hydroxylation is 2. The molecular formula is C12H17NO. The van der Waals surface area contributed by atoms with E-state index in [9.17, 15) is 0 Å². The molecule has 0 radical (unpaired) electrons. The number of hydrogen-bond donors (Lipinski definition) is 1. The van der Waals surface area contributed by atoms with Gasteiger partial charge >= 0.3 is 0 Å². The van der Waals surface area contributed by atoms with E-state index >= 15 is 0 Å². The fourth-order valence-electron chi connectivity index (χ4n) is 2.11. The van der Waals surface area contributed by atoms with Gasteiger partial charge in [0.1, 0.15) is 0 Å². The number of benzene rings is 1. The van der Waals surface area contributed by atoms with Crippen LogP contribution in [0.5, 0.6) is 0 Å². The standard InChI is InChI=1S/C12H17NO/c1-9-5-10(2)7-11(6-9)12(3-4-12)8-14-13/h5-7H,3-4,8,13H2,1-2H3. The van der Waals surface area contributed by atoms with Crippen LogP contribution in [0.15, 0.2) is 18.2 Å². The second kappa shape index (κ2) is 3.37. The Labute approximate surface area is 85.0 Å². The Hall–Kier alpha value is -0.860. The Morgan fingerprint density at radius 2 is 1.79 bits per heavy atom. The number of rotatable bonds is 3. The molecule has 0 atom stereocenters. The first-order valence-corrected chi connectivity index (χ1v) is 5.07. The van der Waals surface area contributed by atoms with Crippen molar-refractivity contribution in [1.82, 2.24) is 0 Å². The molecule has 2 N–H and O–H groups in total. The monoisotopic (exact) mass is 191 g/mol. The Balaban J connectivity index is 2.32. The van der Waals surface area contributed by atoms with E-state index in [0.29, 0.717) is 6.61 Å². The van der Waals surface area contributed by atoms with Crippen LogP contribution in [0.4, 0.5) is 0 Å². The summed E-state index contributed by atoms with van der Waals surface area (Å²) < 4.78 is 0. The summed E-state index contributed by atoms with van der Waals surface area (Å²) in [7, 11) is 0. The molecule has 2 rings (SSSR count). The van der Waals surface area contributed by atoms with Gasteiger partial charge in [0.25, 0.3) is 0 Å². The van der Waals surface area contributed by atoms with Crippen LogP contribution in [0.2, 0.25) is 0 Å². The lowest BCUT2D eigenvalue weighted by Crippen LogP contribution is -2.18. The van der Waals surface area contributed by atoms with Crippen LogP contribution >= 0.6 is 0 Å². The smallest absolute Gasteiger partial charge is 0.0775 e. The highest BCUT2D eigenvalue weighted by Gasteiger charge is 2.44. The van der Waals surface area contributed by atoms with Crippen LogP contribution in [0.25, 0.3) is 0 Å². The summed E-state index contributed by atoms with van der Waals surface area (Å²) in [6, 6.07) is 6.70. The predicted octanol–water partition coefficient (Wildman–Crippen LogP) is 2.23. The number of hydrogen-bond acceptors (Lipinski definition) is 2. The molecule has 1 aromatic carbocycles. The van der Waals surface area contributed by atoms with Gasteiger partial charge < -0.3 is 4.84 Å². The van der Waals surface area contributed by atoms with Crippen molar-refractivity contribution >= 4 is 0 Å². The second-order valence-corrected chi connectivity index (χ2v) is 4.47. The van der Waals surface area contributed by atoms with Gasteiger partial charge in [0.15, 0.2) is 0 Å². The van der Waals surface area contributed by atoms with Crippen LogP contribution < -0.4 is 5.90 Å². The van der Waals surface area contributed by atoms with Crippen LogP contribution in [-0.4, -0.2) is 6.61 Å². The first-order chi connectivity index (χ1) is 6.66. The molecule has 0 heterocycles. The van der Waals surface area contributed by atoms with E-state index in [0.717, 1.165) is 0 Å². The molecule has 14 heavy (non-hydrogen) atoms. The molecule has 1 aromatic rings. The predicted molar refractivity (Wildman–Crippen MR) is 57.0 cm³/mol. The van der Waals surface area contributed by atoms with Crippen LogP contribution in [0.3, 0.4) is 0 Å². The molecule has 0 unspecified atom stereocenters. The fraction of sp³-hybridized carbons (Fsp3) is 0.500. The molecular weight excluding hydrogens is 174 g/mol. The minimum Gasteiger partial charge on any atom is -0.304 e. The van der Waals surface area contributed by atoms with Crippen LogP contribution in [0, 0.1) is 13.8 Å². The molecule has 0 spiro atoms.